The Morgan fingerprint density at radius 1 is 1.65 bits per heavy atom. The summed E-state index contributed by atoms with van der Waals surface area (Å²) in [5.41, 5.74) is 0.144. The van der Waals surface area contributed by atoms with Crippen LogP contribution >= 0.6 is 0 Å². The average Bonchev–Trinajstić information content (AvgIpc) is 2.78. The van der Waals surface area contributed by atoms with Crippen LogP contribution in [0.2, 0.25) is 0 Å². The van der Waals surface area contributed by atoms with Crippen molar-refractivity contribution < 1.29 is 23.8 Å². The van der Waals surface area contributed by atoms with E-state index in [1.54, 1.807) is 6.92 Å². The van der Waals surface area contributed by atoms with Crippen LogP contribution in [-0.2, 0) is 9.53 Å². The standard InChI is InChI=1S/C10H13FN2O4/c1-2-6-9(15)12-10(16)13(6)8-3-5(11)7(4-14)17-8/h2,5,7-8,14H,3-4H2,1H3,(H,12,15,16)/b6-2+/t5-,7+,8+/m0/s1. The monoisotopic (exact) mass is 244 g/mol. The molecule has 0 unspecified atom stereocenters. The molecule has 17 heavy (non-hydrogen) atoms. The Morgan fingerprint density at radius 2 is 2.35 bits per heavy atom. The molecule has 0 aromatic heterocycles. The molecular formula is C10H13FN2O4. The number of ether oxygens (including phenoxy) is 1. The Hall–Kier alpha value is -1.47. The van der Waals surface area contributed by atoms with Gasteiger partial charge in [0, 0.05) is 6.42 Å². The van der Waals surface area contributed by atoms with Crippen LogP contribution in [0.1, 0.15) is 13.3 Å². The molecule has 6 nitrogen and oxygen atoms in total. The van der Waals surface area contributed by atoms with Crippen molar-refractivity contribution >= 4 is 11.9 Å². The minimum Gasteiger partial charge on any atom is -0.394 e. The maximum absolute atomic E-state index is 13.4. The molecule has 2 heterocycles. The molecule has 3 amide bonds. The maximum atomic E-state index is 13.4. The number of urea groups is 1. The molecule has 0 aliphatic carbocycles. The van der Waals surface area contributed by atoms with E-state index >= 15 is 0 Å². The summed E-state index contributed by atoms with van der Waals surface area (Å²) in [6.07, 6.45) is -1.72. The number of allylic oxidation sites excluding steroid dienone is 1. The number of alkyl halides is 1. The molecule has 2 aliphatic rings. The first-order valence-electron chi connectivity index (χ1n) is 5.29. The summed E-state index contributed by atoms with van der Waals surface area (Å²) in [7, 11) is 0. The molecule has 0 radical (unpaired) electrons. The normalized spacial score (nSPS) is 35.8. The van der Waals surface area contributed by atoms with Gasteiger partial charge in [-0.2, -0.15) is 0 Å². The highest BCUT2D eigenvalue weighted by Gasteiger charge is 2.45. The van der Waals surface area contributed by atoms with Crippen LogP contribution in [0.25, 0.3) is 0 Å². The molecule has 2 fully saturated rings. The van der Waals surface area contributed by atoms with E-state index in [1.807, 2.05) is 0 Å². The van der Waals surface area contributed by atoms with Crippen LogP contribution in [-0.4, -0.2) is 47.1 Å². The molecule has 2 rings (SSSR count). The smallest absolute Gasteiger partial charge is 0.331 e. The van der Waals surface area contributed by atoms with Gasteiger partial charge in [-0.25, -0.2) is 9.18 Å². The van der Waals surface area contributed by atoms with Gasteiger partial charge in [-0.05, 0) is 6.92 Å². The zero-order valence-electron chi connectivity index (χ0n) is 9.22. The number of carbonyl (C=O) groups excluding carboxylic acids is 2. The highest BCUT2D eigenvalue weighted by atomic mass is 19.1. The largest absolute Gasteiger partial charge is 0.394 e. The van der Waals surface area contributed by atoms with Crippen molar-refractivity contribution in [3.8, 4) is 0 Å². The van der Waals surface area contributed by atoms with Crippen molar-refractivity contribution in [2.24, 2.45) is 0 Å². The van der Waals surface area contributed by atoms with Crippen LogP contribution in [0.3, 0.4) is 0 Å². The fourth-order valence-electron chi connectivity index (χ4n) is 2.01. The molecule has 2 aliphatic heterocycles. The molecule has 2 N–H and O–H groups in total. The van der Waals surface area contributed by atoms with E-state index < -0.39 is 37.0 Å². The Bertz CT molecular complexity index is 385. The first-order valence-corrected chi connectivity index (χ1v) is 5.29. The summed E-state index contributed by atoms with van der Waals surface area (Å²) >= 11 is 0. The second kappa shape index (κ2) is 4.42. The van der Waals surface area contributed by atoms with Gasteiger partial charge in [-0.3, -0.25) is 15.0 Å². The molecule has 0 aromatic carbocycles. The number of hydrogen-bond acceptors (Lipinski definition) is 4. The SMILES string of the molecule is C/C=C1\C(=O)NC(=O)N1[C@H]1C[C@H](F)[C@@H](CO)O1. The quantitative estimate of drug-likeness (QED) is 0.524. The number of aliphatic hydroxyl groups is 1. The minimum absolute atomic E-state index is 0.0523. The molecule has 94 valence electrons. The summed E-state index contributed by atoms with van der Waals surface area (Å²) in [5.74, 6) is -0.524. The summed E-state index contributed by atoms with van der Waals surface area (Å²) < 4.78 is 18.6. The van der Waals surface area contributed by atoms with Crippen molar-refractivity contribution in [3.05, 3.63) is 11.8 Å². The van der Waals surface area contributed by atoms with Gasteiger partial charge in [0.25, 0.3) is 5.91 Å². The minimum atomic E-state index is -1.34. The topological polar surface area (TPSA) is 78.9 Å². The number of rotatable bonds is 2. The summed E-state index contributed by atoms with van der Waals surface area (Å²) in [5, 5.41) is 11.0. The third-order valence-electron chi connectivity index (χ3n) is 2.83. The van der Waals surface area contributed by atoms with Gasteiger partial charge in [-0.1, -0.05) is 6.08 Å². The van der Waals surface area contributed by atoms with Crippen LogP contribution in [0.15, 0.2) is 11.8 Å². The number of hydrogen-bond donors (Lipinski definition) is 2. The number of aliphatic hydroxyl groups excluding tert-OH is 1. The summed E-state index contributed by atoms with van der Waals surface area (Å²) in [6.45, 7) is 1.15. The number of imide groups is 1. The maximum Gasteiger partial charge on any atom is 0.331 e. The zero-order valence-corrected chi connectivity index (χ0v) is 9.22. The second-order valence-electron chi connectivity index (χ2n) is 3.87. The molecule has 0 spiro atoms. The first-order chi connectivity index (χ1) is 8.08. The second-order valence-corrected chi connectivity index (χ2v) is 3.87. The lowest BCUT2D eigenvalue weighted by Crippen LogP contribution is -2.37. The van der Waals surface area contributed by atoms with Crippen LogP contribution in [0.4, 0.5) is 9.18 Å². The van der Waals surface area contributed by atoms with Gasteiger partial charge in [0.15, 0.2) is 0 Å². The van der Waals surface area contributed by atoms with Crippen molar-refractivity contribution in [3.63, 3.8) is 0 Å². The number of nitrogens with one attached hydrogen (secondary N) is 1. The lowest BCUT2D eigenvalue weighted by Gasteiger charge is -2.22. The van der Waals surface area contributed by atoms with Gasteiger partial charge in [0.1, 0.15) is 24.2 Å². The molecule has 0 aromatic rings. The molecule has 7 heteroatoms. The zero-order chi connectivity index (χ0) is 12.6. The molecule has 2 saturated heterocycles. The highest BCUT2D eigenvalue weighted by molar-refractivity contribution is 6.11. The molecular weight excluding hydrogens is 231 g/mol. The Morgan fingerprint density at radius 3 is 2.88 bits per heavy atom. The fraction of sp³-hybridized carbons (Fsp3) is 0.600. The van der Waals surface area contributed by atoms with Gasteiger partial charge in [0.2, 0.25) is 0 Å². The highest BCUT2D eigenvalue weighted by Crippen LogP contribution is 2.29. The predicted octanol–water partition coefficient (Wildman–Crippen LogP) is -0.113. The van der Waals surface area contributed by atoms with Crippen molar-refractivity contribution in [2.45, 2.75) is 31.8 Å². The van der Waals surface area contributed by atoms with E-state index in [1.165, 1.54) is 6.08 Å². The van der Waals surface area contributed by atoms with E-state index in [0.717, 1.165) is 4.90 Å². The van der Waals surface area contributed by atoms with E-state index in [2.05, 4.69) is 5.32 Å². The van der Waals surface area contributed by atoms with Gasteiger partial charge in [0.05, 0.1) is 6.61 Å². The third kappa shape index (κ3) is 1.91. The average molecular weight is 244 g/mol. The van der Waals surface area contributed by atoms with E-state index in [-0.39, 0.29) is 12.1 Å². The first kappa shape index (κ1) is 12.0. The molecule has 0 saturated carbocycles. The van der Waals surface area contributed by atoms with Crippen molar-refractivity contribution in [2.75, 3.05) is 6.61 Å². The predicted molar refractivity (Wildman–Crippen MR) is 54.4 cm³/mol. The number of nitrogens with zero attached hydrogens (tertiary/aromatic N) is 1. The van der Waals surface area contributed by atoms with Crippen LogP contribution in [0, 0.1) is 0 Å². The van der Waals surface area contributed by atoms with E-state index in [4.69, 9.17) is 9.84 Å². The number of halogens is 1. The molecule has 3 atom stereocenters. The van der Waals surface area contributed by atoms with Crippen LogP contribution in [0.5, 0.6) is 0 Å². The summed E-state index contributed by atoms with van der Waals surface area (Å²) in [6, 6.07) is -0.626. The Balaban J connectivity index is 2.18. The van der Waals surface area contributed by atoms with Crippen LogP contribution < -0.4 is 5.32 Å². The van der Waals surface area contributed by atoms with E-state index in [9.17, 15) is 14.0 Å². The Labute approximate surface area is 97.0 Å². The van der Waals surface area contributed by atoms with Gasteiger partial charge < -0.3 is 9.84 Å². The lowest BCUT2D eigenvalue weighted by atomic mass is 10.2. The third-order valence-corrected chi connectivity index (χ3v) is 2.83. The number of amides is 3. The van der Waals surface area contributed by atoms with Crippen molar-refractivity contribution in [1.29, 1.82) is 0 Å². The van der Waals surface area contributed by atoms with Gasteiger partial charge >= 0.3 is 6.03 Å². The molecule has 0 bridgehead atoms. The van der Waals surface area contributed by atoms with Gasteiger partial charge in [-0.15, -0.1) is 0 Å². The number of carbonyl (C=O) groups is 2. The van der Waals surface area contributed by atoms with E-state index in [0.29, 0.717) is 0 Å². The lowest BCUT2D eigenvalue weighted by molar-refractivity contribution is -0.116. The summed E-state index contributed by atoms with van der Waals surface area (Å²) in [4.78, 5) is 24.0. The van der Waals surface area contributed by atoms with Crippen molar-refractivity contribution in [1.82, 2.24) is 10.2 Å². The Kier molecular flexibility index (Phi) is 3.12. The fourth-order valence-corrected chi connectivity index (χ4v) is 2.01.